The van der Waals surface area contributed by atoms with Gasteiger partial charge in [0.1, 0.15) is 5.65 Å². The molecule has 1 fully saturated rings. The maximum absolute atomic E-state index is 12.3. The molecule has 8 heteroatoms. The normalized spacial score (nSPS) is 16.0. The molecule has 0 spiro atoms. The zero-order chi connectivity index (χ0) is 24.7. The Balaban J connectivity index is 1.35. The number of H-pyrrole nitrogens is 1. The number of aromatic nitrogens is 2. The van der Waals surface area contributed by atoms with Crippen LogP contribution >= 0.6 is 0 Å². The van der Waals surface area contributed by atoms with Crippen molar-refractivity contribution in [2.45, 2.75) is 25.6 Å². The highest BCUT2D eigenvalue weighted by Crippen LogP contribution is 2.29. The van der Waals surface area contributed by atoms with Gasteiger partial charge in [0.2, 0.25) is 0 Å². The van der Waals surface area contributed by atoms with E-state index in [4.69, 9.17) is 10.5 Å². The number of ether oxygens (including phenoxy) is 1. The Bertz CT molecular complexity index is 1400. The Morgan fingerprint density at radius 3 is 2.86 bits per heavy atom. The van der Waals surface area contributed by atoms with Gasteiger partial charge in [-0.3, -0.25) is 15.6 Å². The van der Waals surface area contributed by atoms with Crippen molar-refractivity contribution in [3.63, 3.8) is 0 Å². The second-order valence-electron chi connectivity index (χ2n) is 8.60. The van der Waals surface area contributed by atoms with E-state index >= 15 is 0 Å². The lowest BCUT2D eigenvalue weighted by atomic mass is 10.0. The number of hydrogen-bond donors (Lipinski definition) is 4. The van der Waals surface area contributed by atoms with Crippen molar-refractivity contribution in [1.29, 1.82) is 0 Å². The first-order valence-electron chi connectivity index (χ1n) is 11.9. The summed E-state index contributed by atoms with van der Waals surface area (Å²) in [6.45, 7) is 1.44. The number of carbonyl (C=O) groups is 1. The van der Waals surface area contributed by atoms with Crippen molar-refractivity contribution in [3.05, 3.63) is 90.4 Å². The Morgan fingerprint density at radius 1 is 1.17 bits per heavy atom. The van der Waals surface area contributed by atoms with Crippen LogP contribution in [0.2, 0.25) is 0 Å². The molecule has 1 atom stereocenters. The lowest BCUT2D eigenvalue weighted by Crippen LogP contribution is -2.29. The summed E-state index contributed by atoms with van der Waals surface area (Å²) in [7, 11) is 0. The van der Waals surface area contributed by atoms with Crippen molar-refractivity contribution in [2.75, 3.05) is 11.9 Å². The molecule has 0 saturated carbocycles. The number of pyridine rings is 1. The predicted molar refractivity (Wildman–Crippen MR) is 143 cm³/mol. The van der Waals surface area contributed by atoms with E-state index in [1.807, 2.05) is 60.8 Å². The summed E-state index contributed by atoms with van der Waals surface area (Å²) in [5, 5.41) is 6.89. The van der Waals surface area contributed by atoms with Crippen LogP contribution in [-0.4, -0.2) is 35.0 Å². The third kappa shape index (κ3) is 5.45. The molecule has 2 aromatic carbocycles. The summed E-state index contributed by atoms with van der Waals surface area (Å²) in [4.78, 5) is 24.6. The number of fused-ring (bicyclic) bond motifs is 1. The number of nitrogens with one attached hydrogen (secondary N) is 3. The van der Waals surface area contributed by atoms with E-state index in [-0.39, 0.29) is 6.23 Å². The van der Waals surface area contributed by atoms with Crippen LogP contribution in [0.1, 0.15) is 24.0 Å². The van der Waals surface area contributed by atoms with Crippen LogP contribution in [0.4, 0.5) is 10.5 Å². The van der Waals surface area contributed by atoms with E-state index in [9.17, 15) is 4.79 Å². The minimum absolute atomic E-state index is 0.229. The SMILES string of the molecule is N/C=C(\C=NCc1ccccc1)c1c[nH]c2ncc(-c3cccc(NC(=O)OC4CCCN4)c3)cc12. The number of benzene rings is 2. The summed E-state index contributed by atoms with van der Waals surface area (Å²) >= 11 is 0. The van der Waals surface area contributed by atoms with E-state index in [1.165, 1.54) is 0 Å². The van der Waals surface area contributed by atoms with Crippen LogP contribution in [0, 0.1) is 0 Å². The molecule has 182 valence electrons. The van der Waals surface area contributed by atoms with Gasteiger partial charge < -0.3 is 15.5 Å². The lowest BCUT2D eigenvalue weighted by Gasteiger charge is -2.13. The number of nitrogens with two attached hydrogens (primary N) is 1. The van der Waals surface area contributed by atoms with Crippen molar-refractivity contribution in [3.8, 4) is 11.1 Å². The predicted octanol–water partition coefficient (Wildman–Crippen LogP) is 5.06. The number of aromatic amines is 1. The van der Waals surface area contributed by atoms with E-state index in [0.717, 1.165) is 58.2 Å². The zero-order valence-corrected chi connectivity index (χ0v) is 19.8. The van der Waals surface area contributed by atoms with Gasteiger partial charge in [-0.15, -0.1) is 0 Å². The third-order valence-electron chi connectivity index (χ3n) is 6.08. The maximum atomic E-state index is 12.3. The van der Waals surface area contributed by atoms with Crippen LogP contribution in [0.5, 0.6) is 0 Å². The summed E-state index contributed by atoms with van der Waals surface area (Å²) in [6.07, 6.45) is 8.17. The molecule has 0 bridgehead atoms. The number of nitrogens with zero attached hydrogens (tertiary/aromatic N) is 2. The molecule has 5 N–H and O–H groups in total. The zero-order valence-electron chi connectivity index (χ0n) is 19.8. The highest BCUT2D eigenvalue weighted by molar-refractivity contribution is 6.14. The van der Waals surface area contributed by atoms with Crippen molar-refractivity contribution < 1.29 is 9.53 Å². The minimum Gasteiger partial charge on any atom is -0.430 e. The van der Waals surface area contributed by atoms with E-state index in [2.05, 4.69) is 31.7 Å². The first kappa shape index (κ1) is 23.3. The van der Waals surface area contributed by atoms with Crippen molar-refractivity contribution >= 4 is 34.6 Å². The second kappa shape index (κ2) is 10.9. The maximum Gasteiger partial charge on any atom is 0.413 e. The average molecular weight is 481 g/mol. The van der Waals surface area contributed by atoms with Crippen LogP contribution in [0.25, 0.3) is 27.7 Å². The van der Waals surface area contributed by atoms with Gasteiger partial charge in [-0.25, -0.2) is 9.78 Å². The van der Waals surface area contributed by atoms with Gasteiger partial charge in [0, 0.05) is 52.6 Å². The van der Waals surface area contributed by atoms with Crippen molar-refractivity contribution in [2.24, 2.45) is 10.7 Å². The summed E-state index contributed by atoms with van der Waals surface area (Å²) < 4.78 is 5.41. The Hall–Kier alpha value is -4.43. The highest BCUT2D eigenvalue weighted by atomic mass is 16.6. The first-order valence-corrected chi connectivity index (χ1v) is 11.9. The van der Waals surface area contributed by atoms with Crippen LogP contribution in [0.3, 0.4) is 0 Å². The summed E-state index contributed by atoms with van der Waals surface area (Å²) in [6, 6.07) is 19.7. The number of carbonyl (C=O) groups excluding carboxylic acids is 1. The third-order valence-corrected chi connectivity index (χ3v) is 6.08. The Labute approximate surface area is 209 Å². The fourth-order valence-electron chi connectivity index (χ4n) is 4.24. The molecule has 2 aromatic heterocycles. The highest BCUT2D eigenvalue weighted by Gasteiger charge is 2.18. The van der Waals surface area contributed by atoms with E-state index < -0.39 is 6.09 Å². The van der Waals surface area contributed by atoms with Crippen LogP contribution < -0.4 is 16.4 Å². The number of aliphatic imine (C=N–C) groups is 1. The fourth-order valence-corrected chi connectivity index (χ4v) is 4.24. The van der Waals surface area contributed by atoms with Gasteiger partial charge in [-0.2, -0.15) is 0 Å². The first-order chi connectivity index (χ1) is 17.7. The monoisotopic (exact) mass is 480 g/mol. The summed E-state index contributed by atoms with van der Waals surface area (Å²) in [5.74, 6) is 0. The number of rotatable bonds is 7. The molecule has 5 rings (SSSR count). The van der Waals surface area contributed by atoms with Gasteiger partial charge in [0.25, 0.3) is 0 Å². The molecule has 1 unspecified atom stereocenters. The standard InChI is InChI=1S/C28H28N6O2/c29-14-22(16-30-15-19-6-2-1-3-7-19)25-18-33-27-24(25)13-21(17-32-27)20-8-4-9-23(12-20)34-28(35)36-26-10-5-11-31-26/h1-4,6-9,12-14,16-18,26,31H,5,10-11,15,29H2,(H,32,33)(H,34,35)/b22-14+,30-16?. The molecule has 1 aliphatic heterocycles. The Kier molecular flexibility index (Phi) is 7.05. The average Bonchev–Trinajstić information content (AvgIpc) is 3.57. The number of anilines is 1. The molecular formula is C28H28N6O2. The molecule has 1 saturated heterocycles. The molecule has 4 aromatic rings. The van der Waals surface area contributed by atoms with E-state index in [0.29, 0.717) is 12.2 Å². The van der Waals surface area contributed by atoms with E-state index in [1.54, 1.807) is 18.6 Å². The number of amides is 1. The number of allylic oxidation sites excluding steroid dienone is 1. The molecule has 0 aliphatic carbocycles. The molecule has 8 nitrogen and oxygen atoms in total. The number of hydrogen-bond acceptors (Lipinski definition) is 6. The fraction of sp³-hybridized carbons (Fsp3) is 0.179. The van der Waals surface area contributed by atoms with Gasteiger partial charge in [0.15, 0.2) is 6.23 Å². The van der Waals surface area contributed by atoms with Gasteiger partial charge in [-0.05, 0) is 48.7 Å². The summed E-state index contributed by atoms with van der Waals surface area (Å²) in [5.41, 5.74) is 12.1. The largest absolute Gasteiger partial charge is 0.430 e. The lowest BCUT2D eigenvalue weighted by molar-refractivity contribution is 0.102. The van der Waals surface area contributed by atoms with Gasteiger partial charge in [0.05, 0.1) is 6.54 Å². The van der Waals surface area contributed by atoms with Gasteiger partial charge >= 0.3 is 6.09 Å². The molecule has 1 aliphatic rings. The molecule has 0 radical (unpaired) electrons. The second-order valence-corrected chi connectivity index (χ2v) is 8.60. The Morgan fingerprint density at radius 2 is 2.06 bits per heavy atom. The smallest absolute Gasteiger partial charge is 0.413 e. The van der Waals surface area contributed by atoms with Crippen LogP contribution in [-0.2, 0) is 11.3 Å². The molecular weight excluding hydrogens is 452 g/mol. The topological polar surface area (TPSA) is 117 Å². The molecule has 1 amide bonds. The van der Waals surface area contributed by atoms with Gasteiger partial charge in [-0.1, -0.05) is 42.5 Å². The van der Waals surface area contributed by atoms with Crippen molar-refractivity contribution in [1.82, 2.24) is 15.3 Å². The minimum atomic E-state index is -0.472. The van der Waals surface area contributed by atoms with Crippen LogP contribution in [0.15, 0.2) is 84.2 Å². The molecule has 3 heterocycles. The quantitative estimate of drug-likeness (QED) is 0.276. The molecule has 36 heavy (non-hydrogen) atoms.